The molecule has 0 spiro atoms. The number of aryl methyl sites for hydroxylation is 1. The topological polar surface area (TPSA) is 59.1 Å². The molecule has 2 aliphatic rings. The number of nitrogens with zero attached hydrogens (tertiary/aromatic N) is 2. The second kappa shape index (κ2) is 9.00. The van der Waals surface area contributed by atoms with Crippen LogP contribution < -0.4 is 10.6 Å². The standard InChI is InChI=1S/C21H27ClN4O/c22-19-14-24-21(26-20(19)8-7-18-2-1-13-27-18)25-17-5-3-15(4-6-17)16-9-11-23-12-10-16/h3-6,14,16,18,23H,1-2,7-13H2,(H,24,25,26). The molecule has 2 aliphatic heterocycles. The van der Waals surface area contributed by atoms with E-state index < -0.39 is 0 Å². The van der Waals surface area contributed by atoms with Crippen LogP contribution in [0.15, 0.2) is 30.5 Å². The van der Waals surface area contributed by atoms with E-state index in [0.29, 0.717) is 23.0 Å². The number of hydrogen-bond donors (Lipinski definition) is 2. The van der Waals surface area contributed by atoms with Gasteiger partial charge in [-0.2, -0.15) is 0 Å². The number of piperidine rings is 1. The minimum absolute atomic E-state index is 0.343. The van der Waals surface area contributed by atoms with Crippen LogP contribution >= 0.6 is 11.6 Å². The molecule has 6 heteroatoms. The average Bonchev–Trinajstić information content (AvgIpc) is 3.23. The number of ether oxygens (including phenoxy) is 1. The smallest absolute Gasteiger partial charge is 0.227 e. The number of rotatable bonds is 6. The summed E-state index contributed by atoms with van der Waals surface area (Å²) in [6, 6.07) is 8.65. The van der Waals surface area contributed by atoms with Crippen molar-refractivity contribution in [2.45, 2.75) is 50.5 Å². The van der Waals surface area contributed by atoms with Crippen LogP contribution in [0, 0.1) is 0 Å². The lowest BCUT2D eigenvalue weighted by Gasteiger charge is -2.23. The van der Waals surface area contributed by atoms with Crippen LogP contribution in [0.1, 0.15) is 49.3 Å². The van der Waals surface area contributed by atoms with Gasteiger partial charge < -0.3 is 15.4 Å². The van der Waals surface area contributed by atoms with Crippen molar-refractivity contribution in [3.63, 3.8) is 0 Å². The fourth-order valence-electron chi connectivity index (χ4n) is 3.93. The SMILES string of the molecule is Clc1cnc(Nc2ccc(C3CCNCC3)cc2)nc1CCC1CCCO1. The largest absolute Gasteiger partial charge is 0.378 e. The number of benzene rings is 1. The van der Waals surface area contributed by atoms with Crippen molar-refractivity contribution in [2.24, 2.45) is 0 Å². The fourth-order valence-corrected chi connectivity index (χ4v) is 4.12. The molecule has 2 fully saturated rings. The van der Waals surface area contributed by atoms with Crippen molar-refractivity contribution in [1.82, 2.24) is 15.3 Å². The second-order valence-corrected chi connectivity index (χ2v) is 7.84. The molecule has 1 atom stereocenters. The third-order valence-corrected chi connectivity index (χ3v) is 5.84. The Morgan fingerprint density at radius 2 is 1.96 bits per heavy atom. The normalized spacial score (nSPS) is 20.7. The Morgan fingerprint density at radius 3 is 2.70 bits per heavy atom. The summed E-state index contributed by atoms with van der Waals surface area (Å²) in [5.41, 5.74) is 3.30. The quantitative estimate of drug-likeness (QED) is 0.767. The maximum atomic E-state index is 6.29. The molecule has 5 nitrogen and oxygen atoms in total. The number of halogens is 1. The first-order valence-corrected chi connectivity index (χ1v) is 10.4. The zero-order valence-electron chi connectivity index (χ0n) is 15.6. The van der Waals surface area contributed by atoms with Crippen molar-refractivity contribution in [2.75, 3.05) is 25.0 Å². The van der Waals surface area contributed by atoms with Crippen LogP contribution in [0.4, 0.5) is 11.6 Å². The summed E-state index contributed by atoms with van der Waals surface area (Å²) in [4.78, 5) is 8.96. The van der Waals surface area contributed by atoms with Gasteiger partial charge in [-0.1, -0.05) is 23.7 Å². The zero-order chi connectivity index (χ0) is 18.5. The molecule has 0 radical (unpaired) electrons. The van der Waals surface area contributed by atoms with Crippen molar-refractivity contribution < 1.29 is 4.74 Å². The van der Waals surface area contributed by atoms with Gasteiger partial charge in [0.25, 0.3) is 0 Å². The highest BCUT2D eigenvalue weighted by molar-refractivity contribution is 6.31. The van der Waals surface area contributed by atoms with Gasteiger partial charge in [-0.15, -0.1) is 0 Å². The van der Waals surface area contributed by atoms with E-state index in [0.717, 1.165) is 56.8 Å². The third kappa shape index (κ3) is 4.98. The number of nitrogens with one attached hydrogen (secondary N) is 2. The van der Waals surface area contributed by atoms with Gasteiger partial charge in [-0.3, -0.25) is 0 Å². The van der Waals surface area contributed by atoms with Gasteiger partial charge in [-0.05, 0) is 75.2 Å². The maximum absolute atomic E-state index is 6.29. The minimum Gasteiger partial charge on any atom is -0.378 e. The maximum Gasteiger partial charge on any atom is 0.227 e. The minimum atomic E-state index is 0.343. The molecule has 2 N–H and O–H groups in total. The molecule has 1 unspecified atom stereocenters. The van der Waals surface area contributed by atoms with Crippen LogP contribution in [0.5, 0.6) is 0 Å². The molecular formula is C21H27ClN4O. The van der Waals surface area contributed by atoms with Gasteiger partial charge in [0.1, 0.15) is 0 Å². The Bertz CT molecular complexity index is 740. The molecule has 1 aromatic heterocycles. The van der Waals surface area contributed by atoms with E-state index in [4.69, 9.17) is 16.3 Å². The Morgan fingerprint density at radius 1 is 1.15 bits per heavy atom. The monoisotopic (exact) mass is 386 g/mol. The second-order valence-electron chi connectivity index (χ2n) is 7.43. The van der Waals surface area contributed by atoms with Crippen molar-refractivity contribution >= 4 is 23.2 Å². The molecule has 3 heterocycles. The summed E-state index contributed by atoms with van der Waals surface area (Å²) in [6.45, 7) is 3.10. The number of anilines is 2. The van der Waals surface area contributed by atoms with Crippen molar-refractivity contribution in [3.05, 3.63) is 46.7 Å². The molecule has 0 aliphatic carbocycles. The lowest BCUT2D eigenvalue weighted by molar-refractivity contribution is 0.104. The first-order chi connectivity index (χ1) is 13.3. The Kier molecular flexibility index (Phi) is 6.22. The predicted molar refractivity (Wildman–Crippen MR) is 109 cm³/mol. The van der Waals surface area contributed by atoms with Gasteiger partial charge in [0.05, 0.1) is 23.0 Å². The van der Waals surface area contributed by atoms with Gasteiger partial charge >= 0.3 is 0 Å². The van der Waals surface area contributed by atoms with Crippen LogP contribution in [-0.2, 0) is 11.2 Å². The highest BCUT2D eigenvalue weighted by Gasteiger charge is 2.17. The molecule has 1 aromatic carbocycles. The fraction of sp³-hybridized carbons (Fsp3) is 0.524. The molecular weight excluding hydrogens is 360 g/mol. The number of hydrogen-bond acceptors (Lipinski definition) is 5. The van der Waals surface area contributed by atoms with Crippen LogP contribution in [-0.4, -0.2) is 35.8 Å². The molecule has 27 heavy (non-hydrogen) atoms. The van der Waals surface area contributed by atoms with Crippen molar-refractivity contribution in [1.29, 1.82) is 0 Å². The van der Waals surface area contributed by atoms with E-state index in [1.165, 1.54) is 18.4 Å². The molecule has 4 rings (SSSR count). The summed E-state index contributed by atoms with van der Waals surface area (Å²) in [5, 5.41) is 7.35. The van der Waals surface area contributed by atoms with E-state index in [1.54, 1.807) is 6.20 Å². The van der Waals surface area contributed by atoms with E-state index >= 15 is 0 Å². The van der Waals surface area contributed by atoms with E-state index in [1.807, 2.05) is 0 Å². The van der Waals surface area contributed by atoms with Gasteiger partial charge in [0.15, 0.2) is 0 Å². The molecule has 0 amide bonds. The Hall–Kier alpha value is -1.69. The van der Waals surface area contributed by atoms with E-state index in [9.17, 15) is 0 Å². The van der Waals surface area contributed by atoms with Crippen molar-refractivity contribution in [3.8, 4) is 0 Å². The molecule has 0 bridgehead atoms. The van der Waals surface area contributed by atoms with Crippen LogP contribution in [0.25, 0.3) is 0 Å². The highest BCUT2D eigenvalue weighted by Crippen LogP contribution is 2.27. The van der Waals surface area contributed by atoms with E-state index in [2.05, 4.69) is 44.9 Å². The number of aromatic nitrogens is 2. The first kappa shape index (κ1) is 18.7. The first-order valence-electron chi connectivity index (χ1n) is 9.98. The van der Waals surface area contributed by atoms with E-state index in [-0.39, 0.29) is 0 Å². The molecule has 2 aromatic rings. The van der Waals surface area contributed by atoms with Gasteiger partial charge in [0.2, 0.25) is 5.95 Å². The molecule has 2 saturated heterocycles. The Labute approximate surface area is 165 Å². The predicted octanol–water partition coefficient (Wildman–Crippen LogP) is 4.45. The lowest BCUT2D eigenvalue weighted by atomic mass is 9.90. The third-order valence-electron chi connectivity index (χ3n) is 5.52. The average molecular weight is 387 g/mol. The lowest BCUT2D eigenvalue weighted by Crippen LogP contribution is -2.26. The highest BCUT2D eigenvalue weighted by atomic mass is 35.5. The molecule has 0 saturated carbocycles. The summed E-state index contributed by atoms with van der Waals surface area (Å²) in [6.07, 6.45) is 8.51. The summed E-state index contributed by atoms with van der Waals surface area (Å²) in [7, 11) is 0. The van der Waals surface area contributed by atoms with Crippen LogP contribution in [0.2, 0.25) is 5.02 Å². The summed E-state index contributed by atoms with van der Waals surface area (Å²) in [5.74, 6) is 1.26. The Balaban J connectivity index is 1.38. The molecule has 144 valence electrons. The zero-order valence-corrected chi connectivity index (χ0v) is 16.3. The van der Waals surface area contributed by atoms with Gasteiger partial charge in [0, 0.05) is 12.3 Å². The summed E-state index contributed by atoms with van der Waals surface area (Å²) < 4.78 is 5.70. The van der Waals surface area contributed by atoms with Gasteiger partial charge in [-0.25, -0.2) is 9.97 Å². The van der Waals surface area contributed by atoms with Crippen LogP contribution in [0.3, 0.4) is 0 Å². The summed E-state index contributed by atoms with van der Waals surface area (Å²) >= 11 is 6.29.